The number of nitrogens with zero attached hydrogens (tertiary/aromatic N) is 1. The summed E-state index contributed by atoms with van der Waals surface area (Å²) in [6, 6.07) is 0. The van der Waals surface area contributed by atoms with Crippen LogP contribution in [0.2, 0.25) is 0 Å². The number of ether oxygens (including phenoxy) is 1. The predicted octanol–water partition coefficient (Wildman–Crippen LogP) is 5.78. The zero-order valence-electron chi connectivity index (χ0n) is 17.9. The lowest BCUT2D eigenvalue weighted by Gasteiger charge is -2.36. The Bertz CT molecular complexity index is 759. The van der Waals surface area contributed by atoms with E-state index in [-0.39, 0.29) is 1.43 Å². The summed E-state index contributed by atoms with van der Waals surface area (Å²) < 4.78 is 5.27. The highest BCUT2D eigenvalue weighted by Crippen LogP contribution is 2.39. The largest absolute Gasteiger partial charge is 0.385 e. The molecule has 0 bridgehead atoms. The van der Waals surface area contributed by atoms with Crippen LogP contribution in [0.15, 0.2) is 63.9 Å². The number of hydrogen-bond donors (Lipinski definition) is 1. The molecule has 158 valence electrons. The molecule has 0 amide bonds. The molecule has 2 aliphatic carbocycles. The molecule has 1 N–H and O–H groups in total. The Morgan fingerprint density at radius 1 is 1.21 bits per heavy atom. The van der Waals surface area contributed by atoms with Crippen molar-refractivity contribution in [3.63, 3.8) is 0 Å². The van der Waals surface area contributed by atoms with Crippen LogP contribution in [0.1, 0.15) is 52.8 Å². The number of methoxy groups -OCH3 is 1. The first kappa shape index (κ1) is 20.6. The molecule has 3 atom stereocenters. The van der Waals surface area contributed by atoms with Gasteiger partial charge in [-0.15, -0.1) is 0 Å². The van der Waals surface area contributed by atoms with Crippen molar-refractivity contribution in [2.75, 3.05) is 26.8 Å². The SMILES string of the molecule is COCCCC1=C(C2C=CC([C@H]3CNCC[C@@H]3C3=CN=CCC3)=CC2)C=CCC1.[HH]. The van der Waals surface area contributed by atoms with Gasteiger partial charge in [0, 0.05) is 45.9 Å². The zero-order chi connectivity index (χ0) is 19.9. The number of rotatable bonds is 7. The van der Waals surface area contributed by atoms with Gasteiger partial charge >= 0.3 is 0 Å². The third-order valence-corrected chi connectivity index (χ3v) is 6.97. The fourth-order valence-electron chi connectivity index (χ4n) is 5.41. The summed E-state index contributed by atoms with van der Waals surface area (Å²) in [5, 5.41) is 3.64. The Labute approximate surface area is 177 Å². The van der Waals surface area contributed by atoms with Crippen LogP contribution in [0.3, 0.4) is 0 Å². The van der Waals surface area contributed by atoms with E-state index >= 15 is 0 Å². The number of aliphatic imine (C=N–C) groups is 1. The van der Waals surface area contributed by atoms with Crippen molar-refractivity contribution in [3.05, 3.63) is 58.9 Å². The molecule has 3 heteroatoms. The molecule has 2 aliphatic heterocycles. The second-order valence-corrected chi connectivity index (χ2v) is 8.78. The van der Waals surface area contributed by atoms with Gasteiger partial charge in [-0.1, -0.05) is 36.0 Å². The lowest BCUT2D eigenvalue weighted by Crippen LogP contribution is -2.38. The third kappa shape index (κ3) is 5.07. The van der Waals surface area contributed by atoms with Crippen LogP contribution in [0, 0.1) is 17.8 Å². The van der Waals surface area contributed by atoms with Gasteiger partial charge < -0.3 is 10.1 Å². The molecule has 0 spiro atoms. The van der Waals surface area contributed by atoms with Crippen molar-refractivity contribution < 1.29 is 6.16 Å². The first-order valence-corrected chi connectivity index (χ1v) is 11.5. The van der Waals surface area contributed by atoms with Crippen molar-refractivity contribution in [1.29, 1.82) is 0 Å². The Hall–Kier alpha value is -1.71. The first-order chi connectivity index (χ1) is 14.4. The smallest absolute Gasteiger partial charge is 0.0465 e. The first-order valence-electron chi connectivity index (χ1n) is 11.5. The minimum absolute atomic E-state index is 0. The van der Waals surface area contributed by atoms with E-state index in [1.165, 1.54) is 37.7 Å². The lowest BCUT2D eigenvalue weighted by molar-refractivity contribution is 0.195. The van der Waals surface area contributed by atoms with E-state index in [9.17, 15) is 0 Å². The summed E-state index contributed by atoms with van der Waals surface area (Å²) in [5.41, 5.74) is 6.32. The van der Waals surface area contributed by atoms with Crippen LogP contribution in [0.5, 0.6) is 0 Å². The molecule has 1 unspecified atom stereocenters. The highest BCUT2D eigenvalue weighted by atomic mass is 16.5. The molecule has 0 radical (unpaired) electrons. The van der Waals surface area contributed by atoms with Gasteiger partial charge in [0.2, 0.25) is 0 Å². The second-order valence-electron chi connectivity index (χ2n) is 8.78. The number of hydrogen-bond acceptors (Lipinski definition) is 3. The van der Waals surface area contributed by atoms with Gasteiger partial charge in [-0.2, -0.15) is 0 Å². The molecule has 4 rings (SSSR count). The van der Waals surface area contributed by atoms with Gasteiger partial charge in [0.15, 0.2) is 0 Å². The zero-order valence-corrected chi connectivity index (χ0v) is 17.9. The molecule has 1 saturated heterocycles. The molecule has 0 aromatic heterocycles. The molecule has 1 fully saturated rings. The Morgan fingerprint density at radius 3 is 2.97 bits per heavy atom. The van der Waals surface area contributed by atoms with Gasteiger partial charge in [0.05, 0.1) is 0 Å². The van der Waals surface area contributed by atoms with Crippen molar-refractivity contribution in [3.8, 4) is 0 Å². The van der Waals surface area contributed by atoms with E-state index in [0.717, 1.165) is 39.0 Å². The highest BCUT2D eigenvalue weighted by Gasteiger charge is 2.31. The summed E-state index contributed by atoms with van der Waals surface area (Å²) in [4.78, 5) is 4.46. The van der Waals surface area contributed by atoms with E-state index in [4.69, 9.17) is 4.74 Å². The summed E-state index contributed by atoms with van der Waals surface area (Å²) >= 11 is 0. The van der Waals surface area contributed by atoms with Crippen LogP contribution >= 0.6 is 0 Å². The molecule has 29 heavy (non-hydrogen) atoms. The highest BCUT2D eigenvalue weighted by molar-refractivity contribution is 5.60. The van der Waals surface area contributed by atoms with Gasteiger partial charge in [0.25, 0.3) is 0 Å². The maximum atomic E-state index is 5.27. The summed E-state index contributed by atoms with van der Waals surface area (Å²) in [6.45, 7) is 3.09. The van der Waals surface area contributed by atoms with E-state index in [2.05, 4.69) is 53.1 Å². The monoisotopic (exact) mass is 394 g/mol. The molecule has 0 saturated carbocycles. The van der Waals surface area contributed by atoms with E-state index < -0.39 is 0 Å². The Balaban J connectivity index is 0.00000256. The molecule has 2 heterocycles. The number of piperidine rings is 1. The minimum atomic E-state index is 0. The Kier molecular flexibility index (Phi) is 7.34. The van der Waals surface area contributed by atoms with Gasteiger partial charge in [0.1, 0.15) is 0 Å². The fraction of sp³-hybridized carbons (Fsp3) is 0.577. The number of nitrogens with one attached hydrogen (secondary N) is 1. The van der Waals surface area contributed by atoms with Crippen molar-refractivity contribution in [2.24, 2.45) is 22.7 Å². The number of allylic oxidation sites excluding steroid dienone is 8. The molecule has 3 nitrogen and oxygen atoms in total. The summed E-state index contributed by atoms with van der Waals surface area (Å²) in [5.74, 6) is 1.79. The van der Waals surface area contributed by atoms with Gasteiger partial charge in [-0.25, -0.2) is 0 Å². The van der Waals surface area contributed by atoms with Crippen molar-refractivity contribution in [1.82, 2.24) is 5.32 Å². The van der Waals surface area contributed by atoms with E-state index in [0.29, 0.717) is 17.8 Å². The minimum Gasteiger partial charge on any atom is -0.385 e. The van der Waals surface area contributed by atoms with Crippen molar-refractivity contribution in [2.45, 2.75) is 51.4 Å². The molecular formula is C26H38N2O. The van der Waals surface area contributed by atoms with Gasteiger partial charge in [-0.3, -0.25) is 4.99 Å². The topological polar surface area (TPSA) is 33.6 Å². The maximum absolute atomic E-state index is 5.27. The molecule has 4 aliphatic rings. The van der Waals surface area contributed by atoms with Crippen LogP contribution in [0.25, 0.3) is 0 Å². The van der Waals surface area contributed by atoms with Crippen LogP contribution in [-0.4, -0.2) is 33.0 Å². The summed E-state index contributed by atoms with van der Waals surface area (Å²) in [6.07, 6.45) is 25.8. The molecule has 0 aromatic carbocycles. The normalized spacial score (nSPS) is 29.8. The Morgan fingerprint density at radius 2 is 2.17 bits per heavy atom. The molecule has 0 aromatic rings. The second kappa shape index (κ2) is 10.4. The molecular weight excluding hydrogens is 356 g/mol. The summed E-state index contributed by atoms with van der Waals surface area (Å²) in [7, 11) is 1.80. The van der Waals surface area contributed by atoms with Crippen LogP contribution < -0.4 is 5.32 Å². The predicted molar refractivity (Wildman–Crippen MR) is 124 cm³/mol. The fourth-order valence-corrected chi connectivity index (χ4v) is 5.41. The van der Waals surface area contributed by atoms with E-state index in [1.807, 2.05) is 0 Å². The van der Waals surface area contributed by atoms with Crippen LogP contribution in [0.4, 0.5) is 0 Å². The standard InChI is InChI=1S/C26H36N2O.H2/c1-29-17-5-8-20-6-2-3-9-24(20)21-10-12-22(13-11-21)26-19-28-16-14-25(26)23-7-4-15-27-18-23;/h3,9-10,12-13,15,18,21,25-26,28H,2,4-8,11,14,16-17,19H2,1H3;1H/t21?,25-,26-;/m1./s1. The lowest BCUT2D eigenvalue weighted by atomic mass is 9.73. The average molecular weight is 395 g/mol. The maximum Gasteiger partial charge on any atom is 0.0465 e. The average Bonchev–Trinajstić information content (AvgIpc) is 2.80. The van der Waals surface area contributed by atoms with Crippen LogP contribution in [-0.2, 0) is 4.74 Å². The van der Waals surface area contributed by atoms with Gasteiger partial charge in [-0.05, 0) is 80.5 Å². The van der Waals surface area contributed by atoms with E-state index in [1.54, 1.807) is 23.8 Å². The van der Waals surface area contributed by atoms with Crippen molar-refractivity contribution >= 4 is 6.21 Å². The quantitative estimate of drug-likeness (QED) is 0.555. The third-order valence-electron chi connectivity index (χ3n) is 6.97.